The maximum atomic E-state index is 11.6. The molecule has 0 fully saturated rings. The standard InChI is InChI=1S/C20H18BrNO4/c1-13-4-6-14(7-5-13)12-26-19-10-17(21)15(9-18(19)24-2)8-16(11-22)20(23)25-3/h4-10H,12H2,1-3H3/b16-8+. The molecule has 26 heavy (non-hydrogen) atoms. The van der Waals surface area contributed by atoms with E-state index in [-0.39, 0.29) is 5.57 Å². The maximum absolute atomic E-state index is 11.6. The average molecular weight is 416 g/mol. The van der Waals surface area contributed by atoms with Crippen LogP contribution in [0.4, 0.5) is 0 Å². The van der Waals surface area contributed by atoms with E-state index in [2.05, 4.69) is 20.7 Å². The van der Waals surface area contributed by atoms with Gasteiger partial charge in [-0.2, -0.15) is 5.26 Å². The van der Waals surface area contributed by atoms with Crippen molar-refractivity contribution in [2.45, 2.75) is 13.5 Å². The van der Waals surface area contributed by atoms with E-state index in [4.69, 9.17) is 14.7 Å². The molecule has 0 spiro atoms. The van der Waals surface area contributed by atoms with Gasteiger partial charge in [0.2, 0.25) is 0 Å². The van der Waals surface area contributed by atoms with E-state index < -0.39 is 5.97 Å². The zero-order valence-corrected chi connectivity index (χ0v) is 16.3. The summed E-state index contributed by atoms with van der Waals surface area (Å²) in [7, 11) is 2.76. The summed E-state index contributed by atoms with van der Waals surface area (Å²) in [6.45, 7) is 2.42. The van der Waals surface area contributed by atoms with Crippen molar-refractivity contribution < 1.29 is 19.0 Å². The van der Waals surface area contributed by atoms with Crippen molar-refractivity contribution in [1.29, 1.82) is 5.26 Å². The molecule has 5 nitrogen and oxygen atoms in total. The normalized spacial score (nSPS) is 10.8. The molecule has 0 radical (unpaired) electrons. The molecule has 6 heteroatoms. The minimum Gasteiger partial charge on any atom is -0.493 e. The van der Waals surface area contributed by atoms with E-state index in [1.54, 1.807) is 12.1 Å². The number of rotatable bonds is 6. The van der Waals surface area contributed by atoms with Gasteiger partial charge in [0.25, 0.3) is 0 Å². The van der Waals surface area contributed by atoms with Crippen molar-refractivity contribution in [3.63, 3.8) is 0 Å². The minimum atomic E-state index is -0.696. The fourth-order valence-electron chi connectivity index (χ4n) is 2.18. The van der Waals surface area contributed by atoms with Crippen molar-refractivity contribution in [2.24, 2.45) is 0 Å². The summed E-state index contributed by atoms with van der Waals surface area (Å²) < 4.78 is 16.5. The van der Waals surface area contributed by atoms with Gasteiger partial charge in [-0.25, -0.2) is 4.79 Å². The SMILES string of the molecule is COC(=O)/C(C#N)=C/c1cc(OC)c(OCc2ccc(C)cc2)cc1Br. The van der Waals surface area contributed by atoms with Crippen LogP contribution in [0.5, 0.6) is 11.5 Å². The van der Waals surface area contributed by atoms with Gasteiger partial charge in [-0.3, -0.25) is 0 Å². The second-order valence-electron chi connectivity index (χ2n) is 5.46. The summed E-state index contributed by atoms with van der Waals surface area (Å²) >= 11 is 3.43. The molecule has 0 amide bonds. The molecule has 0 aliphatic carbocycles. The Balaban J connectivity index is 2.28. The average Bonchev–Trinajstić information content (AvgIpc) is 2.66. The first kappa shape index (κ1) is 19.5. The van der Waals surface area contributed by atoms with Crippen LogP contribution in [0.1, 0.15) is 16.7 Å². The highest BCUT2D eigenvalue weighted by Crippen LogP contribution is 2.35. The molecule has 134 valence electrons. The Kier molecular flexibility index (Phi) is 6.81. The smallest absolute Gasteiger partial charge is 0.348 e. The Hall–Kier alpha value is -2.78. The highest BCUT2D eigenvalue weighted by Gasteiger charge is 2.13. The van der Waals surface area contributed by atoms with Crippen molar-refractivity contribution in [1.82, 2.24) is 0 Å². The third kappa shape index (κ3) is 4.87. The lowest BCUT2D eigenvalue weighted by atomic mass is 10.1. The molecule has 0 aliphatic rings. The maximum Gasteiger partial charge on any atom is 0.348 e. The topological polar surface area (TPSA) is 68.6 Å². The predicted molar refractivity (Wildman–Crippen MR) is 102 cm³/mol. The lowest BCUT2D eigenvalue weighted by molar-refractivity contribution is -0.135. The Morgan fingerprint density at radius 2 is 1.88 bits per heavy atom. The number of nitriles is 1. The molecule has 2 aromatic carbocycles. The summed E-state index contributed by atoms with van der Waals surface area (Å²) in [6, 6.07) is 13.3. The van der Waals surface area contributed by atoms with Gasteiger partial charge in [0.05, 0.1) is 14.2 Å². The molecular formula is C20H18BrNO4. The second-order valence-corrected chi connectivity index (χ2v) is 6.31. The zero-order chi connectivity index (χ0) is 19.1. The summed E-state index contributed by atoms with van der Waals surface area (Å²) in [5.41, 5.74) is 2.72. The molecule has 0 atom stereocenters. The van der Waals surface area contributed by atoms with Crippen LogP contribution in [0.15, 0.2) is 46.4 Å². The number of hydrogen-bond acceptors (Lipinski definition) is 5. The number of nitrogens with zero attached hydrogens (tertiary/aromatic N) is 1. The highest BCUT2D eigenvalue weighted by atomic mass is 79.9. The van der Waals surface area contributed by atoms with E-state index >= 15 is 0 Å². The summed E-state index contributed by atoms with van der Waals surface area (Å²) in [5, 5.41) is 9.10. The number of hydrogen-bond donors (Lipinski definition) is 0. The van der Waals surface area contributed by atoms with Gasteiger partial charge in [0.1, 0.15) is 18.2 Å². The fourth-order valence-corrected chi connectivity index (χ4v) is 2.62. The van der Waals surface area contributed by atoms with Crippen LogP contribution < -0.4 is 9.47 Å². The largest absolute Gasteiger partial charge is 0.493 e. The van der Waals surface area contributed by atoms with E-state index in [0.717, 1.165) is 5.56 Å². The monoisotopic (exact) mass is 415 g/mol. The number of esters is 1. The number of carbonyl (C=O) groups excluding carboxylic acids is 1. The Morgan fingerprint density at radius 3 is 2.46 bits per heavy atom. The third-order valence-electron chi connectivity index (χ3n) is 3.62. The second kappa shape index (κ2) is 9.07. The molecule has 0 N–H and O–H groups in total. The Labute approximate surface area is 160 Å². The van der Waals surface area contributed by atoms with E-state index in [9.17, 15) is 4.79 Å². The highest BCUT2D eigenvalue weighted by molar-refractivity contribution is 9.10. The van der Waals surface area contributed by atoms with Gasteiger partial charge in [0, 0.05) is 4.47 Å². The molecular weight excluding hydrogens is 398 g/mol. The quantitative estimate of drug-likeness (QED) is 0.396. The van der Waals surface area contributed by atoms with E-state index in [1.807, 2.05) is 37.3 Å². The molecule has 2 rings (SSSR count). The minimum absolute atomic E-state index is 0.108. The van der Waals surface area contributed by atoms with Crippen molar-refractivity contribution in [3.8, 4) is 17.6 Å². The van der Waals surface area contributed by atoms with Crippen LogP contribution in [-0.4, -0.2) is 20.2 Å². The van der Waals surface area contributed by atoms with Gasteiger partial charge in [-0.05, 0) is 36.3 Å². The van der Waals surface area contributed by atoms with E-state index in [0.29, 0.717) is 28.1 Å². The van der Waals surface area contributed by atoms with Crippen molar-refractivity contribution in [3.05, 3.63) is 63.1 Å². The van der Waals surface area contributed by atoms with Crippen LogP contribution in [0, 0.1) is 18.3 Å². The van der Waals surface area contributed by atoms with Crippen molar-refractivity contribution >= 4 is 28.0 Å². The zero-order valence-electron chi connectivity index (χ0n) is 14.7. The molecule has 0 unspecified atom stereocenters. The predicted octanol–water partition coefficient (Wildman–Crippen LogP) is 4.43. The van der Waals surface area contributed by atoms with Gasteiger partial charge >= 0.3 is 5.97 Å². The first-order valence-corrected chi connectivity index (χ1v) is 8.53. The first-order valence-electron chi connectivity index (χ1n) is 7.74. The van der Waals surface area contributed by atoms with Gasteiger partial charge < -0.3 is 14.2 Å². The third-order valence-corrected chi connectivity index (χ3v) is 4.31. The molecule has 0 bridgehead atoms. The molecule has 0 heterocycles. The number of aryl methyl sites for hydroxylation is 1. The fraction of sp³-hybridized carbons (Fsp3) is 0.200. The summed E-state index contributed by atoms with van der Waals surface area (Å²) in [6.07, 6.45) is 1.43. The van der Waals surface area contributed by atoms with Crippen LogP contribution in [0.3, 0.4) is 0 Å². The number of methoxy groups -OCH3 is 2. The number of halogens is 1. The molecule has 0 saturated heterocycles. The van der Waals surface area contributed by atoms with E-state index in [1.165, 1.54) is 25.9 Å². The van der Waals surface area contributed by atoms with Crippen LogP contribution in [-0.2, 0) is 16.1 Å². The number of ether oxygens (including phenoxy) is 3. The Morgan fingerprint density at radius 1 is 1.19 bits per heavy atom. The van der Waals surface area contributed by atoms with Crippen LogP contribution in [0.2, 0.25) is 0 Å². The lowest BCUT2D eigenvalue weighted by Crippen LogP contribution is -2.03. The number of benzene rings is 2. The Bertz CT molecular complexity index is 867. The lowest BCUT2D eigenvalue weighted by Gasteiger charge is -2.13. The molecule has 0 saturated carbocycles. The first-order chi connectivity index (χ1) is 12.5. The van der Waals surface area contributed by atoms with Gasteiger partial charge in [-0.15, -0.1) is 0 Å². The van der Waals surface area contributed by atoms with Gasteiger partial charge in [-0.1, -0.05) is 45.8 Å². The summed E-state index contributed by atoms with van der Waals surface area (Å²) in [4.78, 5) is 11.6. The summed E-state index contributed by atoms with van der Waals surface area (Å²) in [5.74, 6) is 0.348. The van der Waals surface area contributed by atoms with Gasteiger partial charge in [0.15, 0.2) is 11.5 Å². The van der Waals surface area contributed by atoms with Crippen molar-refractivity contribution in [2.75, 3.05) is 14.2 Å². The number of carbonyl (C=O) groups is 1. The molecule has 0 aromatic heterocycles. The van der Waals surface area contributed by atoms with Crippen LogP contribution >= 0.6 is 15.9 Å². The molecule has 2 aromatic rings. The molecule has 0 aliphatic heterocycles. The van der Waals surface area contributed by atoms with Crippen LogP contribution in [0.25, 0.3) is 6.08 Å².